The lowest BCUT2D eigenvalue weighted by atomic mass is 9.94. The Bertz CT molecular complexity index is 707. The van der Waals surface area contributed by atoms with Crippen LogP contribution in [0.1, 0.15) is 54.7 Å². The SMILES string of the molecule is Cc1cc(CN2CCCC(F)(c3nc(C4CC4)no3)C2)n(C)n1. The molecule has 2 aromatic rings. The van der Waals surface area contributed by atoms with Crippen LogP contribution in [0.25, 0.3) is 0 Å². The van der Waals surface area contributed by atoms with Crippen molar-refractivity contribution in [2.24, 2.45) is 7.05 Å². The minimum Gasteiger partial charge on any atom is -0.336 e. The summed E-state index contributed by atoms with van der Waals surface area (Å²) in [5.74, 6) is 1.22. The number of piperidine rings is 1. The Morgan fingerprint density at radius 1 is 1.43 bits per heavy atom. The molecule has 1 aliphatic carbocycles. The fourth-order valence-corrected chi connectivity index (χ4v) is 3.37. The molecule has 3 heterocycles. The normalized spacial score (nSPS) is 25.9. The van der Waals surface area contributed by atoms with Crippen molar-refractivity contribution in [1.29, 1.82) is 0 Å². The fraction of sp³-hybridized carbons (Fsp3) is 0.688. The van der Waals surface area contributed by atoms with E-state index in [9.17, 15) is 0 Å². The molecule has 0 amide bonds. The highest BCUT2D eigenvalue weighted by Crippen LogP contribution is 2.41. The molecule has 1 saturated carbocycles. The van der Waals surface area contributed by atoms with E-state index in [0.717, 1.165) is 37.2 Å². The third-order valence-electron chi connectivity index (χ3n) is 4.77. The van der Waals surface area contributed by atoms with Crippen LogP contribution in [-0.4, -0.2) is 37.9 Å². The zero-order valence-corrected chi connectivity index (χ0v) is 13.6. The molecule has 0 spiro atoms. The number of rotatable bonds is 4. The Morgan fingerprint density at radius 2 is 2.26 bits per heavy atom. The van der Waals surface area contributed by atoms with Gasteiger partial charge >= 0.3 is 0 Å². The van der Waals surface area contributed by atoms with Gasteiger partial charge in [-0.3, -0.25) is 9.58 Å². The number of hydrogen-bond acceptors (Lipinski definition) is 5. The highest BCUT2D eigenvalue weighted by Gasteiger charge is 2.43. The number of nitrogens with zero attached hydrogens (tertiary/aromatic N) is 5. The average Bonchev–Trinajstić information content (AvgIpc) is 3.13. The second kappa shape index (κ2) is 5.40. The molecule has 1 saturated heterocycles. The summed E-state index contributed by atoms with van der Waals surface area (Å²) in [6, 6.07) is 2.05. The first-order valence-electron chi connectivity index (χ1n) is 8.28. The first kappa shape index (κ1) is 14.8. The average molecular weight is 319 g/mol. The Hall–Kier alpha value is -1.76. The highest BCUT2D eigenvalue weighted by molar-refractivity contribution is 5.11. The van der Waals surface area contributed by atoms with Gasteiger partial charge in [0.2, 0.25) is 5.67 Å². The monoisotopic (exact) mass is 319 g/mol. The molecule has 124 valence electrons. The van der Waals surface area contributed by atoms with E-state index in [0.29, 0.717) is 31.3 Å². The van der Waals surface area contributed by atoms with Gasteiger partial charge in [-0.15, -0.1) is 0 Å². The van der Waals surface area contributed by atoms with Crippen molar-refractivity contribution < 1.29 is 8.91 Å². The molecule has 23 heavy (non-hydrogen) atoms. The molecule has 0 bridgehead atoms. The van der Waals surface area contributed by atoms with E-state index in [4.69, 9.17) is 4.52 Å². The molecule has 2 fully saturated rings. The van der Waals surface area contributed by atoms with E-state index in [1.807, 2.05) is 24.7 Å². The predicted molar refractivity (Wildman–Crippen MR) is 81.5 cm³/mol. The van der Waals surface area contributed by atoms with Crippen LogP contribution in [0.4, 0.5) is 4.39 Å². The first-order valence-corrected chi connectivity index (χ1v) is 8.28. The Balaban J connectivity index is 1.49. The van der Waals surface area contributed by atoms with Gasteiger partial charge in [0.05, 0.1) is 11.4 Å². The summed E-state index contributed by atoms with van der Waals surface area (Å²) in [4.78, 5) is 6.45. The van der Waals surface area contributed by atoms with Crippen LogP contribution in [0, 0.1) is 6.92 Å². The van der Waals surface area contributed by atoms with Gasteiger partial charge in [-0.05, 0) is 45.2 Å². The Kier molecular flexibility index (Phi) is 3.48. The van der Waals surface area contributed by atoms with E-state index in [1.54, 1.807) is 0 Å². The largest absolute Gasteiger partial charge is 0.336 e. The van der Waals surface area contributed by atoms with Gasteiger partial charge in [0.1, 0.15) is 0 Å². The third-order valence-corrected chi connectivity index (χ3v) is 4.77. The molecule has 0 aromatic carbocycles. The maximum atomic E-state index is 15.4. The number of likely N-dealkylation sites (tertiary alicyclic amines) is 1. The van der Waals surface area contributed by atoms with E-state index in [2.05, 4.69) is 20.1 Å². The minimum atomic E-state index is -1.54. The molecule has 1 unspecified atom stereocenters. The second-order valence-corrected chi connectivity index (χ2v) is 6.91. The maximum Gasteiger partial charge on any atom is 0.265 e. The molecule has 2 aliphatic rings. The summed E-state index contributed by atoms with van der Waals surface area (Å²) in [6.07, 6.45) is 3.41. The predicted octanol–water partition coefficient (Wildman–Crippen LogP) is 2.45. The molecule has 0 N–H and O–H groups in total. The standard InChI is InChI=1S/C16H22FN5O/c1-11-8-13(21(2)19-11)9-22-7-3-6-16(17,10-22)15-18-14(20-23-15)12-4-5-12/h8,12H,3-7,9-10H2,1-2H3. The molecule has 4 rings (SSSR count). The lowest BCUT2D eigenvalue weighted by molar-refractivity contribution is 0.0115. The number of aryl methyl sites for hydroxylation is 2. The van der Waals surface area contributed by atoms with Gasteiger partial charge in [-0.25, -0.2) is 4.39 Å². The lowest BCUT2D eigenvalue weighted by Gasteiger charge is -2.34. The van der Waals surface area contributed by atoms with Crippen molar-refractivity contribution in [3.63, 3.8) is 0 Å². The van der Waals surface area contributed by atoms with Crippen LogP contribution in [0.2, 0.25) is 0 Å². The molecule has 1 aliphatic heterocycles. The minimum absolute atomic E-state index is 0.158. The van der Waals surface area contributed by atoms with Crippen LogP contribution in [0.5, 0.6) is 0 Å². The van der Waals surface area contributed by atoms with Crippen molar-refractivity contribution >= 4 is 0 Å². The summed E-state index contributed by atoms with van der Waals surface area (Å²) < 4.78 is 22.5. The zero-order valence-electron chi connectivity index (χ0n) is 13.6. The quantitative estimate of drug-likeness (QED) is 0.866. The summed E-state index contributed by atoms with van der Waals surface area (Å²) in [6.45, 7) is 3.83. The van der Waals surface area contributed by atoms with Crippen LogP contribution >= 0.6 is 0 Å². The topological polar surface area (TPSA) is 60.0 Å². The Labute approximate surface area is 134 Å². The van der Waals surface area contributed by atoms with Gasteiger partial charge in [0.25, 0.3) is 5.89 Å². The maximum absolute atomic E-state index is 15.4. The van der Waals surface area contributed by atoms with E-state index >= 15 is 4.39 Å². The summed E-state index contributed by atoms with van der Waals surface area (Å²) >= 11 is 0. The van der Waals surface area contributed by atoms with Gasteiger partial charge in [0.15, 0.2) is 5.82 Å². The van der Waals surface area contributed by atoms with Gasteiger partial charge < -0.3 is 4.52 Å². The smallest absolute Gasteiger partial charge is 0.265 e. The molecule has 6 nitrogen and oxygen atoms in total. The zero-order chi connectivity index (χ0) is 16.0. The van der Waals surface area contributed by atoms with E-state index in [-0.39, 0.29) is 5.89 Å². The summed E-state index contributed by atoms with van der Waals surface area (Å²) in [5, 5.41) is 8.32. The highest BCUT2D eigenvalue weighted by atomic mass is 19.1. The van der Waals surface area contributed by atoms with Crippen LogP contribution in [0.15, 0.2) is 10.6 Å². The van der Waals surface area contributed by atoms with Crippen molar-refractivity contribution in [1.82, 2.24) is 24.8 Å². The first-order chi connectivity index (χ1) is 11.0. The lowest BCUT2D eigenvalue weighted by Crippen LogP contribution is -2.43. The van der Waals surface area contributed by atoms with Crippen LogP contribution in [-0.2, 0) is 19.3 Å². The summed E-state index contributed by atoms with van der Waals surface area (Å²) in [7, 11) is 1.93. The number of aromatic nitrogens is 4. The number of hydrogen-bond donors (Lipinski definition) is 0. The Morgan fingerprint density at radius 3 is 2.96 bits per heavy atom. The molecule has 0 radical (unpaired) electrons. The van der Waals surface area contributed by atoms with Crippen LogP contribution in [0.3, 0.4) is 0 Å². The van der Waals surface area contributed by atoms with E-state index < -0.39 is 5.67 Å². The molecular weight excluding hydrogens is 297 g/mol. The van der Waals surface area contributed by atoms with Crippen molar-refractivity contribution in [2.45, 2.75) is 50.7 Å². The molecule has 2 aromatic heterocycles. The molecule has 7 heteroatoms. The number of halogens is 1. The second-order valence-electron chi connectivity index (χ2n) is 6.91. The summed E-state index contributed by atoms with van der Waals surface area (Å²) in [5.41, 5.74) is 0.541. The van der Waals surface area contributed by atoms with Gasteiger partial charge in [-0.1, -0.05) is 5.16 Å². The van der Waals surface area contributed by atoms with Gasteiger partial charge in [-0.2, -0.15) is 10.1 Å². The fourth-order valence-electron chi connectivity index (χ4n) is 3.37. The van der Waals surface area contributed by atoms with Crippen molar-refractivity contribution in [3.05, 3.63) is 29.2 Å². The number of alkyl halides is 1. The third kappa shape index (κ3) is 2.89. The molecule has 1 atom stereocenters. The molecular formula is C16H22FN5O. The van der Waals surface area contributed by atoms with Crippen molar-refractivity contribution in [2.75, 3.05) is 13.1 Å². The van der Waals surface area contributed by atoms with Crippen LogP contribution < -0.4 is 0 Å². The van der Waals surface area contributed by atoms with Crippen molar-refractivity contribution in [3.8, 4) is 0 Å². The van der Waals surface area contributed by atoms with Gasteiger partial charge in [0, 0.05) is 26.1 Å². The van der Waals surface area contributed by atoms with E-state index in [1.165, 1.54) is 0 Å².